The fourth-order valence-electron chi connectivity index (χ4n) is 4.96. The first-order valence-electron chi connectivity index (χ1n) is 12.7. The number of hydrogen-bond donors (Lipinski definition) is 1. The Bertz CT molecular complexity index is 825. The van der Waals surface area contributed by atoms with E-state index in [1.54, 1.807) is 0 Å². The first kappa shape index (κ1) is 23.0. The summed E-state index contributed by atoms with van der Waals surface area (Å²) in [6.07, 6.45) is 14.5. The molecule has 1 N–H and O–H groups in total. The van der Waals surface area contributed by atoms with Crippen LogP contribution in [0, 0.1) is 0 Å². The summed E-state index contributed by atoms with van der Waals surface area (Å²) in [6, 6.07) is 11.2. The van der Waals surface area contributed by atoms with Gasteiger partial charge in [0.2, 0.25) is 5.88 Å². The Hall–Kier alpha value is -2.14. The minimum atomic E-state index is 0.231. The number of benzene rings is 1. The minimum Gasteiger partial charge on any atom is -0.490 e. The number of aromatic nitrogens is 2. The fraction of sp³-hybridized carbons (Fsp3) is 0.630. The molecule has 0 atom stereocenters. The first-order valence-corrected chi connectivity index (χ1v) is 12.7. The van der Waals surface area contributed by atoms with Crippen LogP contribution in [0.1, 0.15) is 83.2 Å². The Kier molecular flexibility index (Phi) is 8.38. The molecule has 0 amide bonds. The van der Waals surface area contributed by atoms with Crippen LogP contribution in [-0.4, -0.2) is 35.5 Å². The summed E-state index contributed by atoms with van der Waals surface area (Å²) in [5, 5.41) is 12.4. The normalized spacial score (nSPS) is 21.9. The molecule has 0 saturated heterocycles. The lowest BCUT2D eigenvalue weighted by molar-refractivity contribution is 0.134. The summed E-state index contributed by atoms with van der Waals surface area (Å²) < 4.78 is 12.5. The average molecular weight is 438 g/mol. The van der Waals surface area contributed by atoms with E-state index in [1.165, 1.54) is 32.1 Å². The third-order valence-corrected chi connectivity index (χ3v) is 7.01. The van der Waals surface area contributed by atoms with Gasteiger partial charge in [0, 0.05) is 17.7 Å². The third kappa shape index (κ3) is 6.22. The molecular weight excluding hydrogens is 398 g/mol. The Labute approximate surface area is 193 Å². The van der Waals surface area contributed by atoms with E-state index in [-0.39, 0.29) is 6.10 Å². The quantitative estimate of drug-likeness (QED) is 0.513. The Morgan fingerprint density at radius 2 is 1.59 bits per heavy atom. The fourth-order valence-corrected chi connectivity index (χ4v) is 4.96. The highest BCUT2D eigenvalue weighted by molar-refractivity contribution is 5.67. The first-order chi connectivity index (χ1) is 15.7. The number of nitrogens with one attached hydrogen (secondary N) is 1. The van der Waals surface area contributed by atoms with E-state index in [1.807, 2.05) is 7.05 Å². The van der Waals surface area contributed by atoms with Crippen molar-refractivity contribution in [3.8, 4) is 22.8 Å². The lowest BCUT2D eigenvalue weighted by atomic mass is 9.93. The van der Waals surface area contributed by atoms with Gasteiger partial charge in [-0.25, -0.2) is 0 Å². The average Bonchev–Trinajstić information content (AvgIpc) is 2.85. The van der Waals surface area contributed by atoms with Gasteiger partial charge in [-0.2, -0.15) is 5.10 Å². The van der Waals surface area contributed by atoms with Crippen molar-refractivity contribution < 1.29 is 9.47 Å². The van der Waals surface area contributed by atoms with Crippen LogP contribution < -0.4 is 14.8 Å². The van der Waals surface area contributed by atoms with Gasteiger partial charge in [-0.3, -0.25) is 0 Å². The van der Waals surface area contributed by atoms with Crippen molar-refractivity contribution in [3.05, 3.63) is 36.0 Å². The second-order valence-corrected chi connectivity index (χ2v) is 9.43. The monoisotopic (exact) mass is 437 g/mol. The Morgan fingerprint density at radius 1 is 0.875 bits per heavy atom. The summed E-state index contributed by atoms with van der Waals surface area (Å²) in [5.74, 6) is 1.62. The number of unbranched alkanes of at least 4 members (excludes halogenated alkanes) is 1. The molecule has 2 aromatic rings. The van der Waals surface area contributed by atoms with Crippen molar-refractivity contribution in [1.29, 1.82) is 0 Å². The number of ether oxygens (including phenoxy) is 2. The summed E-state index contributed by atoms with van der Waals surface area (Å²) in [6.45, 7) is 2.21. The van der Waals surface area contributed by atoms with Gasteiger partial charge in [0.05, 0.1) is 11.8 Å². The molecule has 2 aliphatic carbocycles. The molecule has 2 saturated carbocycles. The van der Waals surface area contributed by atoms with Gasteiger partial charge in [0.1, 0.15) is 11.9 Å². The zero-order chi connectivity index (χ0) is 22.2. The van der Waals surface area contributed by atoms with Crippen LogP contribution in [0.25, 0.3) is 11.1 Å². The largest absolute Gasteiger partial charge is 0.490 e. The molecular formula is C27H39N3O2. The van der Waals surface area contributed by atoms with Crippen LogP contribution >= 0.6 is 0 Å². The van der Waals surface area contributed by atoms with Gasteiger partial charge < -0.3 is 14.8 Å². The molecule has 5 heteroatoms. The van der Waals surface area contributed by atoms with Crippen LogP contribution in [0.4, 0.5) is 0 Å². The summed E-state index contributed by atoms with van der Waals surface area (Å²) >= 11 is 0. The van der Waals surface area contributed by atoms with E-state index in [0.29, 0.717) is 18.0 Å². The molecule has 2 fully saturated rings. The SMILES string of the molecule is CCCCc1nnc(O[C@H]2CC[C@H](NC)CC2)cc1-c1ccc(OC2CCCCC2)cc1. The summed E-state index contributed by atoms with van der Waals surface area (Å²) in [5.41, 5.74) is 3.35. The lowest BCUT2D eigenvalue weighted by Gasteiger charge is -2.28. The zero-order valence-electron chi connectivity index (χ0n) is 19.8. The van der Waals surface area contributed by atoms with E-state index in [4.69, 9.17) is 9.47 Å². The maximum atomic E-state index is 6.27. The van der Waals surface area contributed by atoms with Crippen molar-refractivity contribution in [2.45, 2.75) is 102 Å². The van der Waals surface area contributed by atoms with Crippen LogP contribution in [-0.2, 0) is 6.42 Å². The van der Waals surface area contributed by atoms with Gasteiger partial charge in [0.15, 0.2) is 0 Å². The highest BCUT2D eigenvalue weighted by atomic mass is 16.5. The molecule has 0 aliphatic heterocycles. The molecule has 32 heavy (non-hydrogen) atoms. The molecule has 0 spiro atoms. The smallest absolute Gasteiger partial charge is 0.234 e. The topological polar surface area (TPSA) is 56.3 Å². The molecule has 1 heterocycles. The van der Waals surface area contributed by atoms with Crippen molar-refractivity contribution >= 4 is 0 Å². The number of nitrogens with zero attached hydrogens (tertiary/aromatic N) is 2. The zero-order valence-corrected chi connectivity index (χ0v) is 19.8. The molecule has 5 nitrogen and oxygen atoms in total. The lowest BCUT2D eigenvalue weighted by Crippen LogP contribution is -2.34. The predicted molar refractivity (Wildman–Crippen MR) is 129 cm³/mol. The Morgan fingerprint density at radius 3 is 2.28 bits per heavy atom. The molecule has 0 radical (unpaired) electrons. The van der Waals surface area contributed by atoms with Gasteiger partial charge in [-0.05, 0) is 89.0 Å². The second-order valence-electron chi connectivity index (χ2n) is 9.43. The number of hydrogen-bond acceptors (Lipinski definition) is 5. The standard InChI is InChI=1S/C27H39N3O2/c1-3-4-10-26-25(19-27(30-29-26)32-24-17-13-21(28-2)14-18-24)20-11-15-23(16-12-20)31-22-8-6-5-7-9-22/h11-12,15-16,19,21-22,24,28H,3-10,13-14,17-18H2,1-2H3/t21-,24-. The van der Waals surface area contributed by atoms with E-state index >= 15 is 0 Å². The van der Waals surface area contributed by atoms with Crippen molar-refractivity contribution in [2.75, 3.05) is 7.05 Å². The van der Waals surface area contributed by atoms with Gasteiger partial charge >= 0.3 is 0 Å². The molecule has 2 aliphatic rings. The highest BCUT2D eigenvalue weighted by Gasteiger charge is 2.22. The number of aryl methyl sites for hydroxylation is 1. The predicted octanol–water partition coefficient (Wildman–Crippen LogP) is 6.11. The van der Waals surface area contributed by atoms with Gasteiger partial charge in [-0.1, -0.05) is 31.9 Å². The van der Waals surface area contributed by atoms with Gasteiger partial charge in [-0.15, -0.1) is 5.10 Å². The minimum absolute atomic E-state index is 0.231. The van der Waals surface area contributed by atoms with Crippen LogP contribution in [0.15, 0.2) is 30.3 Å². The highest BCUT2D eigenvalue weighted by Crippen LogP contribution is 2.31. The summed E-state index contributed by atoms with van der Waals surface area (Å²) in [7, 11) is 2.05. The van der Waals surface area contributed by atoms with Crippen molar-refractivity contribution in [1.82, 2.24) is 15.5 Å². The van der Waals surface area contributed by atoms with Crippen LogP contribution in [0.2, 0.25) is 0 Å². The Balaban J connectivity index is 1.48. The molecule has 1 aromatic carbocycles. The van der Waals surface area contributed by atoms with Gasteiger partial charge in [0.25, 0.3) is 0 Å². The van der Waals surface area contributed by atoms with E-state index in [0.717, 1.165) is 67.5 Å². The van der Waals surface area contributed by atoms with Crippen LogP contribution in [0.5, 0.6) is 11.6 Å². The van der Waals surface area contributed by atoms with E-state index < -0.39 is 0 Å². The summed E-state index contributed by atoms with van der Waals surface area (Å²) in [4.78, 5) is 0. The third-order valence-electron chi connectivity index (χ3n) is 7.01. The van der Waals surface area contributed by atoms with E-state index in [2.05, 4.69) is 52.8 Å². The second kappa shape index (κ2) is 11.6. The maximum absolute atomic E-state index is 6.27. The number of rotatable bonds is 9. The molecule has 174 valence electrons. The molecule has 4 rings (SSSR count). The van der Waals surface area contributed by atoms with Crippen molar-refractivity contribution in [3.63, 3.8) is 0 Å². The van der Waals surface area contributed by atoms with Crippen LogP contribution in [0.3, 0.4) is 0 Å². The van der Waals surface area contributed by atoms with E-state index in [9.17, 15) is 0 Å². The molecule has 1 aromatic heterocycles. The maximum Gasteiger partial charge on any atom is 0.234 e. The molecule has 0 bridgehead atoms. The van der Waals surface area contributed by atoms with Crippen molar-refractivity contribution in [2.24, 2.45) is 0 Å². The molecule has 0 unspecified atom stereocenters.